The molecule has 0 aliphatic rings. The topological polar surface area (TPSA) is 40.5 Å². The molecule has 15 heavy (non-hydrogen) atoms. The summed E-state index contributed by atoms with van der Waals surface area (Å²) in [6, 6.07) is 1.68. The van der Waals surface area contributed by atoms with Gasteiger partial charge in [0.1, 0.15) is 11.6 Å². The van der Waals surface area contributed by atoms with Gasteiger partial charge in [-0.15, -0.1) is 0 Å². The molecule has 0 spiro atoms. The van der Waals surface area contributed by atoms with Crippen LogP contribution in [0.5, 0.6) is 0 Å². The van der Waals surface area contributed by atoms with Gasteiger partial charge in [-0.1, -0.05) is 20.8 Å². The molecule has 0 amide bonds. The third kappa shape index (κ3) is 2.55. The maximum absolute atomic E-state index is 13.5. The first-order chi connectivity index (χ1) is 6.73. The molecule has 2 nitrogen and oxygen atoms in total. The van der Waals surface area contributed by atoms with E-state index in [-0.39, 0.29) is 11.0 Å². The molecule has 0 saturated carbocycles. The SMILES string of the molecule is CC(C)(C)c1c(F)cc(F)cc1B(O)O. The van der Waals surface area contributed by atoms with E-state index in [0.717, 1.165) is 12.1 Å². The zero-order valence-corrected chi connectivity index (χ0v) is 8.88. The predicted octanol–water partition coefficient (Wildman–Crippen LogP) is 0.942. The van der Waals surface area contributed by atoms with Gasteiger partial charge in [0.05, 0.1) is 0 Å². The van der Waals surface area contributed by atoms with Crippen LogP contribution in [-0.4, -0.2) is 17.2 Å². The van der Waals surface area contributed by atoms with Gasteiger partial charge in [0.25, 0.3) is 0 Å². The first-order valence-corrected chi connectivity index (χ1v) is 4.59. The highest BCUT2D eigenvalue weighted by molar-refractivity contribution is 6.59. The van der Waals surface area contributed by atoms with E-state index in [1.807, 2.05) is 0 Å². The molecule has 0 fully saturated rings. The number of halogens is 2. The van der Waals surface area contributed by atoms with Crippen LogP contribution in [0.3, 0.4) is 0 Å². The first kappa shape index (κ1) is 12.1. The minimum Gasteiger partial charge on any atom is -0.423 e. The Labute approximate surface area is 87.7 Å². The molecule has 1 aromatic carbocycles. The highest BCUT2D eigenvalue weighted by atomic mass is 19.1. The van der Waals surface area contributed by atoms with Gasteiger partial charge in [-0.05, 0) is 22.5 Å². The lowest BCUT2D eigenvalue weighted by molar-refractivity contribution is 0.421. The zero-order valence-electron chi connectivity index (χ0n) is 8.88. The summed E-state index contributed by atoms with van der Waals surface area (Å²) in [5.41, 5.74) is -0.615. The molecule has 0 aliphatic carbocycles. The standard InChI is InChI=1S/C10H13BF2O2/c1-10(2,3)9-7(11(14)15)4-6(12)5-8(9)13/h4-5,14-15H,1-3H3. The Bertz CT molecular complexity index is 372. The van der Waals surface area contributed by atoms with E-state index in [2.05, 4.69) is 0 Å². The zero-order chi connectivity index (χ0) is 11.8. The van der Waals surface area contributed by atoms with Crippen molar-refractivity contribution in [3.8, 4) is 0 Å². The number of hydrogen-bond acceptors (Lipinski definition) is 2. The second-order valence-corrected chi connectivity index (χ2v) is 4.48. The fourth-order valence-electron chi connectivity index (χ4n) is 1.59. The van der Waals surface area contributed by atoms with Crippen LogP contribution in [-0.2, 0) is 5.41 Å². The Balaban J connectivity index is 3.48. The molecule has 82 valence electrons. The van der Waals surface area contributed by atoms with Crippen LogP contribution in [0, 0.1) is 11.6 Å². The van der Waals surface area contributed by atoms with E-state index < -0.39 is 24.2 Å². The third-order valence-corrected chi connectivity index (χ3v) is 2.11. The van der Waals surface area contributed by atoms with Crippen LogP contribution < -0.4 is 5.46 Å². The maximum atomic E-state index is 13.5. The Hall–Kier alpha value is -0.935. The number of hydrogen-bond donors (Lipinski definition) is 2. The summed E-state index contributed by atoms with van der Waals surface area (Å²) in [4.78, 5) is 0. The first-order valence-electron chi connectivity index (χ1n) is 4.59. The van der Waals surface area contributed by atoms with Gasteiger partial charge < -0.3 is 10.0 Å². The van der Waals surface area contributed by atoms with E-state index in [1.165, 1.54) is 0 Å². The second-order valence-electron chi connectivity index (χ2n) is 4.48. The fraction of sp³-hybridized carbons (Fsp3) is 0.400. The van der Waals surface area contributed by atoms with E-state index in [9.17, 15) is 8.78 Å². The average Bonchev–Trinajstić information content (AvgIpc) is 1.99. The van der Waals surface area contributed by atoms with Crippen molar-refractivity contribution in [2.75, 3.05) is 0 Å². The summed E-state index contributed by atoms with van der Waals surface area (Å²) in [7, 11) is -1.87. The van der Waals surface area contributed by atoms with Crippen LogP contribution in [0.2, 0.25) is 0 Å². The summed E-state index contributed by atoms with van der Waals surface area (Å²) in [6.07, 6.45) is 0. The van der Waals surface area contributed by atoms with Gasteiger partial charge in [-0.2, -0.15) is 0 Å². The molecule has 0 atom stereocenters. The summed E-state index contributed by atoms with van der Waals surface area (Å²) in [6.45, 7) is 5.15. The Kier molecular flexibility index (Phi) is 3.16. The maximum Gasteiger partial charge on any atom is 0.488 e. The molecule has 5 heteroatoms. The molecular formula is C10H13BF2O2. The highest BCUT2D eigenvalue weighted by Crippen LogP contribution is 2.24. The third-order valence-electron chi connectivity index (χ3n) is 2.11. The predicted molar refractivity (Wildman–Crippen MR) is 54.9 cm³/mol. The van der Waals surface area contributed by atoms with Gasteiger partial charge >= 0.3 is 7.12 Å². The Morgan fingerprint density at radius 3 is 2.07 bits per heavy atom. The minimum atomic E-state index is -1.87. The molecule has 0 unspecified atom stereocenters. The van der Waals surface area contributed by atoms with Crippen molar-refractivity contribution in [2.45, 2.75) is 26.2 Å². The number of rotatable bonds is 1. The average molecular weight is 214 g/mol. The number of benzene rings is 1. The van der Waals surface area contributed by atoms with E-state index >= 15 is 0 Å². The summed E-state index contributed by atoms with van der Waals surface area (Å²) in [5.74, 6) is -1.57. The minimum absolute atomic E-state index is 0.124. The molecule has 1 rings (SSSR count). The molecular weight excluding hydrogens is 201 g/mol. The van der Waals surface area contributed by atoms with E-state index in [1.54, 1.807) is 20.8 Å². The van der Waals surface area contributed by atoms with E-state index in [4.69, 9.17) is 10.0 Å². The van der Waals surface area contributed by atoms with Crippen LogP contribution in [0.4, 0.5) is 8.78 Å². The van der Waals surface area contributed by atoms with Gasteiger partial charge in [-0.25, -0.2) is 8.78 Å². The summed E-state index contributed by atoms with van der Waals surface area (Å²) in [5, 5.41) is 18.1. The van der Waals surface area contributed by atoms with Crippen molar-refractivity contribution in [3.63, 3.8) is 0 Å². The monoisotopic (exact) mass is 214 g/mol. The molecule has 0 aromatic heterocycles. The van der Waals surface area contributed by atoms with Crippen LogP contribution in [0.15, 0.2) is 12.1 Å². The smallest absolute Gasteiger partial charge is 0.423 e. The molecule has 2 N–H and O–H groups in total. The van der Waals surface area contributed by atoms with Crippen LogP contribution in [0.25, 0.3) is 0 Å². The van der Waals surface area contributed by atoms with Gasteiger partial charge in [0, 0.05) is 6.07 Å². The van der Waals surface area contributed by atoms with Crippen LogP contribution >= 0.6 is 0 Å². The molecule has 0 bridgehead atoms. The summed E-state index contributed by atoms with van der Waals surface area (Å²) < 4.78 is 26.4. The van der Waals surface area contributed by atoms with Crippen molar-refractivity contribution < 1.29 is 18.8 Å². The normalized spacial score (nSPS) is 11.7. The van der Waals surface area contributed by atoms with Gasteiger partial charge in [0.15, 0.2) is 0 Å². The van der Waals surface area contributed by atoms with Crippen molar-refractivity contribution >= 4 is 12.6 Å². The fourth-order valence-corrected chi connectivity index (χ4v) is 1.59. The Morgan fingerprint density at radius 2 is 1.67 bits per heavy atom. The lowest BCUT2D eigenvalue weighted by Crippen LogP contribution is -2.38. The molecule has 1 aromatic rings. The largest absolute Gasteiger partial charge is 0.488 e. The lowest BCUT2D eigenvalue weighted by Gasteiger charge is -2.23. The second kappa shape index (κ2) is 3.91. The highest BCUT2D eigenvalue weighted by Gasteiger charge is 2.28. The molecule has 0 radical (unpaired) electrons. The molecule has 0 aliphatic heterocycles. The molecule has 0 saturated heterocycles. The summed E-state index contributed by atoms with van der Waals surface area (Å²) >= 11 is 0. The van der Waals surface area contributed by atoms with Crippen molar-refractivity contribution in [2.24, 2.45) is 0 Å². The van der Waals surface area contributed by atoms with E-state index in [0.29, 0.717) is 0 Å². The van der Waals surface area contributed by atoms with Crippen molar-refractivity contribution in [3.05, 3.63) is 29.3 Å². The Morgan fingerprint density at radius 1 is 1.13 bits per heavy atom. The molecule has 0 heterocycles. The quantitative estimate of drug-likeness (QED) is 0.683. The van der Waals surface area contributed by atoms with Gasteiger partial charge in [0.2, 0.25) is 0 Å². The van der Waals surface area contributed by atoms with Crippen molar-refractivity contribution in [1.29, 1.82) is 0 Å². The van der Waals surface area contributed by atoms with Crippen LogP contribution in [0.1, 0.15) is 26.3 Å². The van der Waals surface area contributed by atoms with Gasteiger partial charge in [-0.3, -0.25) is 0 Å². The lowest BCUT2D eigenvalue weighted by atomic mass is 9.70. The van der Waals surface area contributed by atoms with Crippen molar-refractivity contribution in [1.82, 2.24) is 0 Å².